The highest BCUT2D eigenvalue weighted by Crippen LogP contribution is 2.41. The van der Waals surface area contributed by atoms with E-state index in [1.165, 1.54) is 31.4 Å². The van der Waals surface area contributed by atoms with Gasteiger partial charge in [-0.3, -0.25) is 29.4 Å². The summed E-state index contributed by atoms with van der Waals surface area (Å²) < 4.78 is 49.8. The third-order valence-electron chi connectivity index (χ3n) is 6.03. The van der Waals surface area contributed by atoms with Crippen LogP contribution in [-0.4, -0.2) is 40.5 Å². The molecule has 3 aromatic carbocycles. The fraction of sp³-hybridized carbons (Fsp3) is 0.179. The van der Waals surface area contributed by atoms with Gasteiger partial charge in [-0.15, -0.1) is 0 Å². The number of alkyl halides is 3. The molecule has 1 N–H and O–H groups in total. The lowest BCUT2D eigenvalue weighted by Crippen LogP contribution is -2.36. The van der Waals surface area contributed by atoms with Gasteiger partial charge in [-0.1, -0.05) is 18.2 Å². The van der Waals surface area contributed by atoms with Gasteiger partial charge in [0.15, 0.2) is 11.5 Å². The van der Waals surface area contributed by atoms with Crippen LogP contribution in [0.5, 0.6) is 17.2 Å². The minimum atomic E-state index is -4.79. The van der Waals surface area contributed by atoms with Crippen LogP contribution in [-0.2, 0) is 15.8 Å². The van der Waals surface area contributed by atoms with Gasteiger partial charge in [-0.25, -0.2) is 0 Å². The largest absolute Gasteiger partial charge is 0.493 e. The first kappa shape index (κ1) is 30.1. The number of nitro groups is 1. The molecule has 4 rings (SSSR count). The maximum Gasteiger partial charge on any atom is 0.416 e. The van der Waals surface area contributed by atoms with Crippen LogP contribution in [0.25, 0.3) is 6.08 Å². The highest BCUT2D eigenvalue weighted by atomic mass is 32.2. The number of nitrogens with zero attached hydrogens (tertiary/aromatic N) is 2. The molecule has 0 spiro atoms. The molecule has 42 heavy (non-hydrogen) atoms. The molecule has 0 saturated carbocycles. The summed E-state index contributed by atoms with van der Waals surface area (Å²) in [6.07, 6.45) is -3.40. The van der Waals surface area contributed by atoms with E-state index < -0.39 is 51.7 Å². The number of anilines is 1. The molecule has 10 nitrogen and oxygen atoms in total. The van der Waals surface area contributed by atoms with E-state index in [1.807, 2.05) is 26.0 Å². The lowest BCUT2D eigenvalue weighted by Gasteiger charge is -2.14. The number of imide groups is 1. The predicted octanol–water partition coefficient (Wildman–Crippen LogP) is 6.71. The fourth-order valence-corrected chi connectivity index (χ4v) is 4.73. The van der Waals surface area contributed by atoms with E-state index in [1.54, 1.807) is 6.07 Å². The third-order valence-corrected chi connectivity index (χ3v) is 6.94. The molecule has 0 aliphatic carbocycles. The van der Waals surface area contributed by atoms with Crippen molar-refractivity contribution in [2.45, 2.75) is 20.0 Å². The van der Waals surface area contributed by atoms with Gasteiger partial charge in [0.1, 0.15) is 6.54 Å². The van der Waals surface area contributed by atoms with Crippen molar-refractivity contribution in [2.24, 2.45) is 0 Å². The van der Waals surface area contributed by atoms with Gasteiger partial charge in [0.25, 0.3) is 11.1 Å². The molecule has 3 aromatic rings. The van der Waals surface area contributed by atoms with Crippen molar-refractivity contribution >= 4 is 46.3 Å². The highest BCUT2D eigenvalue weighted by Gasteiger charge is 2.37. The first-order chi connectivity index (χ1) is 19.8. The van der Waals surface area contributed by atoms with Crippen LogP contribution < -0.4 is 14.8 Å². The first-order valence-corrected chi connectivity index (χ1v) is 12.9. The Balaban J connectivity index is 1.51. The molecule has 218 valence electrons. The third kappa shape index (κ3) is 6.71. The van der Waals surface area contributed by atoms with E-state index in [0.717, 1.165) is 22.1 Å². The highest BCUT2D eigenvalue weighted by molar-refractivity contribution is 8.18. The number of hydrogen-bond donors (Lipinski definition) is 1. The lowest BCUT2D eigenvalue weighted by molar-refractivity contribution is -0.385. The number of methoxy groups -OCH3 is 1. The maximum absolute atomic E-state index is 13.0. The molecule has 0 aromatic heterocycles. The molecule has 1 fully saturated rings. The van der Waals surface area contributed by atoms with E-state index in [9.17, 15) is 37.7 Å². The number of carbonyl (C=O) groups is 3. The van der Waals surface area contributed by atoms with Gasteiger partial charge in [0, 0.05) is 11.8 Å². The number of carbonyl (C=O) groups excluding carboxylic acids is 3. The number of amides is 3. The molecule has 1 aliphatic heterocycles. The van der Waals surface area contributed by atoms with Crippen LogP contribution in [0.2, 0.25) is 0 Å². The molecule has 3 amide bonds. The Morgan fingerprint density at radius 2 is 1.76 bits per heavy atom. The van der Waals surface area contributed by atoms with Crippen molar-refractivity contribution < 1.29 is 42.0 Å². The molecule has 0 unspecified atom stereocenters. The summed E-state index contributed by atoms with van der Waals surface area (Å²) in [4.78, 5) is 49.3. The fourth-order valence-electron chi connectivity index (χ4n) is 3.89. The number of nitrogens with one attached hydrogen (secondary N) is 1. The summed E-state index contributed by atoms with van der Waals surface area (Å²) in [5, 5.41) is 13.5. The Labute approximate surface area is 241 Å². The average molecular weight is 602 g/mol. The van der Waals surface area contributed by atoms with Crippen LogP contribution in [0.4, 0.5) is 29.3 Å². The van der Waals surface area contributed by atoms with Gasteiger partial charge >= 0.3 is 11.9 Å². The Bertz CT molecular complexity index is 1640. The average Bonchev–Trinajstić information content (AvgIpc) is 3.18. The van der Waals surface area contributed by atoms with E-state index >= 15 is 0 Å². The van der Waals surface area contributed by atoms with Gasteiger partial charge in [0.2, 0.25) is 11.7 Å². The van der Waals surface area contributed by atoms with Crippen molar-refractivity contribution in [1.82, 2.24) is 4.90 Å². The van der Waals surface area contributed by atoms with Crippen molar-refractivity contribution in [3.63, 3.8) is 0 Å². The van der Waals surface area contributed by atoms with Crippen molar-refractivity contribution in [2.75, 3.05) is 19.0 Å². The minimum absolute atomic E-state index is 0.0358. The number of benzene rings is 3. The van der Waals surface area contributed by atoms with Crippen molar-refractivity contribution in [3.8, 4) is 17.2 Å². The van der Waals surface area contributed by atoms with Crippen LogP contribution in [0.15, 0.2) is 59.5 Å². The van der Waals surface area contributed by atoms with E-state index in [-0.39, 0.29) is 16.4 Å². The Kier molecular flexibility index (Phi) is 8.56. The second-order valence-corrected chi connectivity index (χ2v) is 10.1. The zero-order valence-electron chi connectivity index (χ0n) is 22.3. The number of aryl methyl sites for hydroxylation is 2. The zero-order chi connectivity index (χ0) is 30.8. The number of hydrogen-bond acceptors (Lipinski definition) is 8. The van der Waals surface area contributed by atoms with Crippen molar-refractivity contribution in [3.05, 3.63) is 91.9 Å². The predicted molar refractivity (Wildman–Crippen MR) is 148 cm³/mol. The summed E-state index contributed by atoms with van der Waals surface area (Å²) in [6, 6.07) is 11.6. The topological polar surface area (TPSA) is 128 Å². The lowest BCUT2D eigenvalue weighted by atomic mass is 10.1. The van der Waals surface area contributed by atoms with Crippen LogP contribution in [0.3, 0.4) is 0 Å². The quantitative estimate of drug-likeness (QED) is 0.172. The molecule has 1 aliphatic rings. The molecule has 1 heterocycles. The first-order valence-electron chi connectivity index (χ1n) is 12.1. The Morgan fingerprint density at radius 1 is 1.05 bits per heavy atom. The Hall–Kier alpha value is -4.85. The summed E-state index contributed by atoms with van der Waals surface area (Å²) in [6.45, 7) is 3.19. The number of nitro benzene ring substituents is 1. The standard InChI is InChI=1S/C28H22F3N3O7S/c1-15-4-5-16(2)19(10-15)32-25(35)14-33-26(36)24(42-27(33)37)12-17-6-8-22(23(11-17)40-3)41-21-9-7-18(28(29,30)31)13-20(21)34(38)39/h4-13H,14H2,1-3H3,(H,32,35)/b24-12+. The van der Waals surface area contributed by atoms with E-state index in [2.05, 4.69) is 5.32 Å². The number of rotatable bonds is 8. The monoisotopic (exact) mass is 601 g/mol. The normalized spacial score (nSPS) is 14.3. The molecule has 0 bridgehead atoms. The molecule has 1 saturated heterocycles. The summed E-state index contributed by atoms with van der Waals surface area (Å²) in [5.41, 5.74) is 0.587. The molecule has 0 atom stereocenters. The SMILES string of the molecule is COc1cc(/C=C2/SC(=O)N(CC(=O)Nc3cc(C)ccc3C)C2=O)ccc1Oc1ccc(C(F)(F)F)cc1[N+](=O)[O-]. The number of thioether (sulfide) groups is 1. The van der Waals surface area contributed by atoms with E-state index in [4.69, 9.17) is 9.47 Å². The maximum atomic E-state index is 13.0. The Morgan fingerprint density at radius 3 is 2.43 bits per heavy atom. The second-order valence-electron chi connectivity index (χ2n) is 9.08. The summed E-state index contributed by atoms with van der Waals surface area (Å²) >= 11 is 0.639. The van der Waals surface area contributed by atoms with Gasteiger partial charge in [-0.05, 0) is 78.7 Å². The minimum Gasteiger partial charge on any atom is -0.493 e. The van der Waals surface area contributed by atoms with Crippen LogP contribution in [0.1, 0.15) is 22.3 Å². The number of ether oxygens (including phenoxy) is 2. The van der Waals surface area contributed by atoms with Gasteiger partial charge < -0.3 is 14.8 Å². The van der Waals surface area contributed by atoms with Crippen LogP contribution in [0, 0.1) is 24.0 Å². The van der Waals surface area contributed by atoms with Crippen LogP contribution >= 0.6 is 11.8 Å². The second kappa shape index (κ2) is 11.9. The van der Waals surface area contributed by atoms with Crippen molar-refractivity contribution in [1.29, 1.82) is 0 Å². The zero-order valence-corrected chi connectivity index (χ0v) is 23.1. The number of halogens is 3. The van der Waals surface area contributed by atoms with Gasteiger partial charge in [0.05, 0.1) is 22.5 Å². The van der Waals surface area contributed by atoms with Gasteiger partial charge in [-0.2, -0.15) is 13.2 Å². The molecular weight excluding hydrogens is 579 g/mol. The molecule has 14 heteroatoms. The van der Waals surface area contributed by atoms with E-state index in [0.29, 0.717) is 35.1 Å². The molecule has 0 radical (unpaired) electrons. The smallest absolute Gasteiger partial charge is 0.416 e. The summed E-state index contributed by atoms with van der Waals surface area (Å²) in [7, 11) is 1.27. The molecular formula is C28H22F3N3O7S. The summed E-state index contributed by atoms with van der Waals surface area (Å²) in [5.74, 6) is -1.67.